The van der Waals surface area contributed by atoms with Crippen molar-refractivity contribution in [2.24, 2.45) is 0 Å². The molecule has 8 heteroatoms. The zero-order valence-electron chi connectivity index (χ0n) is 13.7. The molecule has 3 rings (SSSR count). The Bertz CT molecular complexity index is 1070. The van der Waals surface area contributed by atoms with E-state index in [1.165, 1.54) is 36.5 Å². The first kappa shape index (κ1) is 17.6. The van der Waals surface area contributed by atoms with Gasteiger partial charge in [0.2, 0.25) is 5.43 Å². The van der Waals surface area contributed by atoms with Crippen LogP contribution in [0.15, 0.2) is 53.5 Å². The third kappa shape index (κ3) is 3.29. The third-order valence-corrected chi connectivity index (χ3v) is 4.20. The number of carbonyl (C=O) groups is 1. The molecule has 0 radical (unpaired) electrons. The Morgan fingerprint density at radius 1 is 1.23 bits per heavy atom. The summed E-state index contributed by atoms with van der Waals surface area (Å²) < 4.78 is 1.79. The van der Waals surface area contributed by atoms with Gasteiger partial charge in [-0.25, -0.2) is 0 Å². The van der Waals surface area contributed by atoms with Crippen LogP contribution in [0.25, 0.3) is 10.9 Å². The van der Waals surface area contributed by atoms with Crippen LogP contribution in [0.5, 0.6) is 0 Å². The highest BCUT2D eigenvalue weighted by Crippen LogP contribution is 2.19. The number of aromatic nitrogens is 1. The first-order valence-electron chi connectivity index (χ1n) is 7.79. The van der Waals surface area contributed by atoms with Crippen LogP contribution >= 0.6 is 11.6 Å². The Balaban J connectivity index is 2.01. The number of nitrogens with zero attached hydrogens (tertiary/aromatic N) is 2. The summed E-state index contributed by atoms with van der Waals surface area (Å²) in [5.74, 6) is -0.590. The number of rotatable bonds is 4. The highest BCUT2D eigenvalue weighted by atomic mass is 35.5. The van der Waals surface area contributed by atoms with Crippen LogP contribution in [-0.2, 0) is 6.54 Å². The minimum absolute atomic E-state index is 0.0278. The molecule has 3 aromatic rings. The normalized spacial score (nSPS) is 10.7. The Morgan fingerprint density at radius 2 is 1.92 bits per heavy atom. The molecule has 0 aliphatic carbocycles. The van der Waals surface area contributed by atoms with Gasteiger partial charge < -0.3 is 9.88 Å². The topological polar surface area (TPSA) is 94.2 Å². The van der Waals surface area contributed by atoms with Crippen LogP contribution in [0, 0.1) is 10.1 Å². The molecule has 0 saturated heterocycles. The molecular weight excluding hydrogens is 358 g/mol. The molecule has 0 bridgehead atoms. The van der Waals surface area contributed by atoms with Gasteiger partial charge in [-0.15, -0.1) is 0 Å². The number of fused-ring (bicyclic) bond motifs is 1. The number of nitrogens with one attached hydrogen (secondary N) is 1. The van der Waals surface area contributed by atoms with Gasteiger partial charge in [0.15, 0.2) is 0 Å². The number of nitro benzene ring substituents is 1. The Morgan fingerprint density at radius 3 is 2.54 bits per heavy atom. The van der Waals surface area contributed by atoms with E-state index in [-0.39, 0.29) is 11.3 Å². The van der Waals surface area contributed by atoms with E-state index in [0.29, 0.717) is 28.2 Å². The molecule has 0 spiro atoms. The number of pyridine rings is 1. The molecule has 0 fully saturated rings. The van der Waals surface area contributed by atoms with Crippen molar-refractivity contribution in [1.82, 2.24) is 4.57 Å². The minimum atomic E-state index is -0.590. The lowest BCUT2D eigenvalue weighted by molar-refractivity contribution is -0.384. The summed E-state index contributed by atoms with van der Waals surface area (Å²) in [6.45, 7) is 2.47. The van der Waals surface area contributed by atoms with Gasteiger partial charge in [-0.2, -0.15) is 0 Å². The number of hydrogen-bond acceptors (Lipinski definition) is 4. The van der Waals surface area contributed by atoms with Crippen LogP contribution in [0.3, 0.4) is 0 Å². The number of halogens is 1. The first-order chi connectivity index (χ1) is 12.4. The molecule has 1 N–H and O–H groups in total. The highest BCUT2D eigenvalue weighted by molar-refractivity contribution is 6.31. The van der Waals surface area contributed by atoms with E-state index in [4.69, 9.17) is 11.6 Å². The lowest BCUT2D eigenvalue weighted by Crippen LogP contribution is -2.23. The summed E-state index contributed by atoms with van der Waals surface area (Å²) in [5.41, 5.74) is 0.506. The molecule has 132 valence electrons. The van der Waals surface area contributed by atoms with Gasteiger partial charge in [-0.1, -0.05) is 11.6 Å². The van der Waals surface area contributed by atoms with Gasteiger partial charge >= 0.3 is 0 Å². The highest BCUT2D eigenvalue weighted by Gasteiger charge is 2.16. The van der Waals surface area contributed by atoms with E-state index >= 15 is 0 Å². The van der Waals surface area contributed by atoms with E-state index < -0.39 is 16.3 Å². The van der Waals surface area contributed by atoms with Gasteiger partial charge in [0.1, 0.15) is 5.56 Å². The number of hydrogen-bond donors (Lipinski definition) is 1. The molecule has 1 amide bonds. The largest absolute Gasteiger partial charge is 0.347 e. The molecule has 2 aromatic carbocycles. The van der Waals surface area contributed by atoms with E-state index in [0.717, 1.165) is 0 Å². The second-order valence-electron chi connectivity index (χ2n) is 5.58. The average Bonchev–Trinajstić information content (AvgIpc) is 2.62. The molecule has 7 nitrogen and oxygen atoms in total. The molecule has 1 heterocycles. The fraction of sp³-hybridized carbons (Fsp3) is 0.111. The lowest BCUT2D eigenvalue weighted by atomic mass is 10.1. The van der Waals surface area contributed by atoms with E-state index in [9.17, 15) is 19.7 Å². The summed E-state index contributed by atoms with van der Waals surface area (Å²) in [4.78, 5) is 35.4. The fourth-order valence-electron chi connectivity index (χ4n) is 2.66. The zero-order chi connectivity index (χ0) is 18.8. The summed E-state index contributed by atoms with van der Waals surface area (Å²) >= 11 is 5.98. The zero-order valence-corrected chi connectivity index (χ0v) is 14.5. The minimum Gasteiger partial charge on any atom is -0.347 e. The van der Waals surface area contributed by atoms with Crippen molar-refractivity contribution in [2.75, 3.05) is 5.32 Å². The fourth-order valence-corrected chi connectivity index (χ4v) is 2.83. The number of carbonyl (C=O) groups excluding carboxylic acids is 1. The summed E-state index contributed by atoms with van der Waals surface area (Å²) in [6.07, 6.45) is 1.50. The molecule has 26 heavy (non-hydrogen) atoms. The Kier molecular flexibility index (Phi) is 4.73. The van der Waals surface area contributed by atoms with Gasteiger partial charge in [0.25, 0.3) is 11.6 Å². The van der Waals surface area contributed by atoms with Crippen LogP contribution in [0.4, 0.5) is 11.4 Å². The quantitative estimate of drug-likeness (QED) is 0.557. The van der Waals surface area contributed by atoms with Crippen LogP contribution < -0.4 is 10.7 Å². The van der Waals surface area contributed by atoms with Crippen molar-refractivity contribution in [2.45, 2.75) is 13.5 Å². The van der Waals surface area contributed by atoms with Gasteiger partial charge in [0.05, 0.1) is 10.4 Å². The molecule has 0 saturated carbocycles. The number of anilines is 1. The predicted molar refractivity (Wildman–Crippen MR) is 99.9 cm³/mol. The summed E-state index contributed by atoms with van der Waals surface area (Å²) in [5, 5.41) is 14.0. The lowest BCUT2D eigenvalue weighted by Gasteiger charge is -2.12. The second-order valence-corrected chi connectivity index (χ2v) is 6.01. The van der Waals surface area contributed by atoms with Crippen LogP contribution in [0.1, 0.15) is 17.3 Å². The van der Waals surface area contributed by atoms with Crippen LogP contribution in [-0.4, -0.2) is 15.4 Å². The van der Waals surface area contributed by atoms with E-state index in [2.05, 4.69) is 5.32 Å². The van der Waals surface area contributed by atoms with Crippen molar-refractivity contribution in [3.05, 3.63) is 79.6 Å². The third-order valence-electron chi connectivity index (χ3n) is 3.96. The number of benzene rings is 2. The first-order valence-corrected chi connectivity index (χ1v) is 8.17. The predicted octanol–water partition coefficient (Wildman–Crippen LogP) is 3.84. The molecular formula is C18H14ClN3O4. The maximum absolute atomic E-state index is 12.7. The second kappa shape index (κ2) is 6.97. The Hall–Kier alpha value is -3.19. The van der Waals surface area contributed by atoms with E-state index in [1.807, 2.05) is 6.92 Å². The van der Waals surface area contributed by atoms with Crippen molar-refractivity contribution >= 4 is 39.8 Å². The molecule has 0 aliphatic heterocycles. The van der Waals surface area contributed by atoms with Crippen molar-refractivity contribution in [1.29, 1.82) is 0 Å². The van der Waals surface area contributed by atoms with Crippen molar-refractivity contribution < 1.29 is 9.72 Å². The van der Waals surface area contributed by atoms with Crippen molar-refractivity contribution in [3.63, 3.8) is 0 Å². The molecule has 0 atom stereocenters. The number of amides is 1. The smallest absolute Gasteiger partial charge is 0.269 e. The van der Waals surface area contributed by atoms with Gasteiger partial charge in [-0.3, -0.25) is 19.7 Å². The van der Waals surface area contributed by atoms with Gasteiger partial charge in [0, 0.05) is 41.0 Å². The van der Waals surface area contributed by atoms with Crippen molar-refractivity contribution in [3.8, 4) is 0 Å². The monoisotopic (exact) mass is 371 g/mol. The Labute approximate surface area is 153 Å². The standard InChI is InChI=1S/C18H14ClN3O4/c1-2-21-10-15(17(23)14-9-11(19)3-8-16(14)21)18(24)20-12-4-6-13(7-5-12)22(25)26/h3-10H,2H2,1H3,(H,20,24). The number of non-ortho nitro benzene ring substituents is 1. The number of nitro groups is 1. The van der Waals surface area contributed by atoms with Gasteiger partial charge in [-0.05, 0) is 37.3 Å². The average molecular weight is 372 g/mol. The maximum Gasteiger partial charge on any atom is 0.269 e. The summed E-state index contributed by atoms with van der Waals surface area (Å²) in [6, 6.07) is 10.3. The van der Waals surface area contributed by atoms with E-state index in [1.54, 1.807) is 16.7 Å². The molecule has 1 aromatic heterocycles. The number of aryl methyl sites for hydroxylation is 1. The SMILES string of the molecule is CCn1cc(C(=O)Nc2ccc([N+](=O)[O-])cc2)c(=O)c2cc(Cl)ccc21. The molecule has 0 unspecified atom stereocenters. The molecule has 0 aliphatic rings. The summed E-state index contributed by atoms with van der Waals surface area (Å²) in [7, 11) is 0. The van der Waals surface area contributed by atoms with Crippen LogP contribution in [0.2, 0.25) is 5.02 Å². The maximum atomic E-state index is 12.7.